The molecular formula is C15H11Cl2N. The Morgan fingerprint density at radius 3 is 2.61 bits per heavy atom. The largest absolute Gasteiger partial charge is 0.256 e. The standard InChI is InChI=1S/C15H11Cl2N/c1-9-12-8-14(17)13(16)7-11(12)5-4-10-3-2-6-18-15(9)10/h2-3,6-8H,1,4-5H2. The van der Waals surface area contributed by atoms with Crippen molar-refractivity contribution >= 4 is 28.8 Å². The Hall–Kier alpha value is -1.31. The molecule has 0 bridgehead atoms. The first-order chi connectivity index (χ1) is 8.66. The fourth-order valence-electron chi connectivity index (χ4n) is 2.38. The SMILES string of the molecule is C=C1c2cc(Cl)c(Cl)cc2CCc2cccnc21. The smallest absolute Gasteiger partial charge is 0.0734 e. The summed E-state index contributed by atoms with van der Waals surface area (Å²) >= 11 is 12.2. The second kappa shape index (κ2) is 4.42. The van der Waals surface area contributed by atoms with Crippen LogP contribution in [0.3, 0.4) is 0 Å². The fraction of sp³-hybridized carbons (Fsp3) is 0.133. The Kier molecular flexibility index (Phi) is 2.89. The van der Waals surface area contributed by atoms with Crippen molar-refractivity contribution < 1.29 is 0 Å². The molecule has 90 valence electrons. The zero-order valence-corrected chi connectivity index (χ0v) is 11.2. The number of rotatable bonds is 0. The van der Waals surface area contributed by atoms with E-state index in [-0.39, 0.29) is 0 Å². The molecule has 0 amide bonds. The quantitative estimate of drug-likeness (QED) is 0.688. The summed E-state index contributed by atoms with van der Waals surface area (Å²) in [6, 6.07) is 7.90. The number of aromatic nitrogens is 1. The van der Waals surface area contributed by atoms with Crippen LogP contribution < -0.4 is 0 Å². The highest BCUT2D eigenvalue weighted by Crippen LogP contribution is 2.35. The molecule has 1 aliphatic carbocycles. The summed E-state index contributed by atoms with van der Waals surface area (Å²) in [5.74, 6) is 0. The number of aryl methyl sites for hydroxylation is 2. The Morgan fingerprint density at radius 2 is 1.78 bits per heavy atom. The van der Waals surface area contributed by atoms with Crippen LogP contribution in [0.5, 0.6) is 0 Å². The van der Waals surface area contributed by atoms with Gasteiger partial charge in [-0.2, -0.15) is 0 Å². The van der Waals surface area contributed by atoms with E-state index in [1.807, 2.05) is 18.2 Å². The lowest BCUT2D eigenvalue weighted by Crippen LogP contribution is -1.94. The first kappa shape index (κ1) is 11.8. The molecule has 0 fully saturated rings. The molecule has 3 rings (SSSR count). The molecule has 0 N–H and O–H groups in total. The van der Waals surface area contributed by atoms with Crippen LogP contribution in [0.1, 0.15) is 22.4 Å². The molecule has 0 saturated carbocycles. The molecule has 2 aromatic rings. The zero-order chi connectivity index (χ0) is 12.7. The lowest BCUT2D eigenvalue weighted by atomic mass is 9.99. The highest BCUT2D eigenvalue weighted by molar-refractivity contribution is 6.42. The second-order valence-electron chi connectivity index (χ2n) is 4.41. The summed E-state index contributed by atoms with van der Waals surface area (Å²) in [7, 11) is 0. The molecule has 18 heavy (non-hydrogen) atoms. The summed E-state index contributed by atoms with van der Waals surface area (Å²) in [5.41, 5.74) is 5.37. The van der Waals surface area contributed by atoms with Crippen LogP contribution in [0.4, 0.5) is 0 Å². The van der Waals surface area contributed by atoms with Gasteiger partial charge in [-0.05, 0) is 47.7 Å². The average Bonchev–Trinajstić information content (AvgIpc) is 2.51. The molecular weight excluding hydrogens is 265 g/mol. The van der Waals surface area contributed by atoms with Crippen LogP contribution in [-0.2, 0) is 12.8 Å². The molecule has 1 aromatic heterocycles. The summed E-state index contributed by atoms with van der Waals surface area (Å²) in [4.78, 5) is 4.44. The number of hydrogen-bond acceptors (Lipinski definition) is 1. The molecule has 1 nitrogen and oxygen atoms in total. The van der Waals surface area contributed by atoms with Gasteiger partial charge in [-0.15, -0.1) is 0 Å². The predicted octanol–water partition coefficient (Wildman–Crippen LogP) is 4.55. The number of nitrogens with zero attached hydrogens (tertiary/aromatic N) is 1. The summed E-state index contributed by atoms with van der Waals surface area (Å²) in [5, 5.41) is 1.16. The van der Waals surface area contributed by atoms with Gasteiger partial charge in [0.05, 0.1) is 15.7 Å². The Balaban J connectivity index is 2.22. The van der Waals surface area contributed by atoms with E-state index in [4.69, 9.17) is 23.2 Å². The highest BCUT2D eigenvalue weighted by Gasteiger charge is 2.18. The van der Waals surface area contributed by atoms with E-state index in [1.165, 1.54) is 11.1 Å². The van der Waals surface area contributed by atoms with Crippen molar-refractivity contribution in [3.8, 4) is 0 Å². The van der Waals surface area contributed by atoms with Crippen LogP contribution in [0, 0.1) is 0 Å². The molecule has 0 spiro atoms. The molecule has 3 heteroatoms. The topological polar surface area (TPSA) is 12.9 Å². The normalized spacial score (nSPS) is 13.8. The minimum atomic E-state index is 0.566. The number of fused-ring (bicyclic) bond motifs is 2. The summed E-state index contributed by atoms with van der Waals surface area (Å²) in [6.45, 7) is 4.16. The maximum Gasteiger partial charge on any atom is 0.0734 e. The molecule has 0 saturated heterocycles. The van der Waals surface area contributed by atoms with Crippen molar-refractivity contribution in [2.75, 3.05) is 0 Å². The Bertz CT molecular complexity index is 647. The molecule has 0 aliphatic heterocycles. The monoisotopic (exact) mass is 275 g/mol. The van der Waals surface area contributed by atoms with Gasteiger partial charge in [-0.3, -0.25) is 4.98 Å². The van der Waals surface area contributed by atoms with Gasteiger partial charge >= 0.3 is 0 Å². The molecule has 0 atom stereocenters. The van der Waals surface area contributed by atoms with E-state index in [0.29, 0.717) is 10.0 Å². The van der Waals surface area contributed by atoms with Crippen LogP contribution in [0.25, 0.3) is 5.57 Å². The minimum absolute atomic E-state index is 0.566. The molecule has 0 radical (unpaired) electrons. The zero-order valence-electron chi connectivity index (χ0n) is 9.71. The minimum Gasteiger partial charge on any atom is -0.256 e. The predicted molar refractivity (Wildman–Crippen MR) is 76.2 cm³/mol. The second-order valence-corrected chi connectivity index (χ2v) is 5.23. The van der Waals surface area contributed by atoms with Crippen LogP contribution >= 0.6 is 23.2 Å². The average molecular weight is 276 g/mol. The van der Waals surface area contributed by atoms with Crippen LogP contribution in [0.2, 0.25) is 10.0 Å². The van der Waals surface area contributed by atoms with E-state index in [2.05, 4.69) is 17.6 Å². The lowest BCUT2D eigenvalue weighted by Gasteiger charge is -2.10. The van der Waals surface area contributed by atoms with Crippen molar-refractivity contribution in [3.63, 3.8) is 0 Å². The van der Waals surface area contributed by atoms with Gasteiger partial charge in [0.15, 0.2) is 0 Å². The van der Waals surface area contributed by atoms with Gasteiger partial charge < -0.3 is 0 Å². The summed E-state index contributed by atoms with van der Waals surface area (Å²) in [6.07, 6.45) is 3.68. The third-order valence-electron chi connectivity index (χ3n) is 3.31. The maximum atomic E-state index is 6.10. The number of halogens is 2. The molecule has 0 unspecified atom stereocenters. The number of hydrogen-bond donors (Lipinski definition) is 0. The number of benzene rings is 1. The molecule has 1 aromatic carbocycles. The van der Waals surface area contributed by atoms with E-state index < -0.39 is 0 Å². The lowest BCUT2D eigenvalue weighted by molar-refractivity contribution is 0.955. The van der Waals surface area contributed by atoms with Gasteiger partial charge in [0.25, 0.3) is 0 Å². The van der Waals surface area contributed by atoms with Crippen molar-refractivity contribution in [1.29, 1.82) is 0 Å². The maximum absolute atomic E-state index is 6.10. The third-order valence-corrected chi connectivity index (χ3v) is 4.03. The Morgan fingerprint density at radius 1 is 1.06 bits per heavy atom. The van der Waals surface area contributed by atoms with Crippen molar-refractivity contribution in [3.05, 3.63) is 69.5 Å². The first-order valence-electron chi connectivity index (χ1n) is 5.78. The van der Waals surface area contributed by atoms with E-state index in [1.54, 1.807) is 6.20 Å². The number of pyridine rings is 1. The van der Waals surface area contributed by atoms with Gasteiger partial charge in [-0.25, -0.2) is 0 Å². The molecule has 1 aliphatic rings. The fourth-order valence-corrected chi connectivity index (χ4v) is 2.73. The van der Waals surface area contributed by atoms with Crippen molar-refractivity contribution in [2.24, 2.45) is 0 Å². The van der Waals surface area contributed by atoms with E-state index in [0.717, 1.165) is 29.7 Å². The van der Waals surface area contributed by atoms with Crippen LogP contribution in [-0.4, -0.2) is 4.98 Å². The van der Waals surface area contributed by atoms with Crippen molar-refractivity contribution in [2.45, 2.75) is 12.8 Å². The van der Waals surface area contributed by atoms with Gasteiger partial charge in [-0.1, -0.05) is 35.8 Å². The van der Waals surface area contributed by atoms with Gasteiger partial charge in [0.2, 0.25) is 0 Å². The van der Waals surface area contributed by atoms with E-state index >= 15 is 0 Å². The van der Waals surface area contributed by atoms with Crippen LogP contribution in [0.15, 0.2) is 37.0 Å². The highest BCUT2D eigenvalue weighted by atomic mass is 35.5. The Labute approximate surface area is 116 Å². The molecule has 1 heterocycles. The van der Waals surface area contributed by atoms with Gasteiger partial charge in [0.1, 0.15) is 0 Å². The van der Waals surface area contributed by atoms with Crippen molar-refractivity contribution in [1.82, 2.24) is 4.98 Å². The van der Waals surface area contributed by atoms with Gasteiger partial charge in [0, 0.05) is 11.8 Å². The first-order valence-corrected chi connectivity index (χ1v) is 6.54. The summed E-state index contributed by atoms with van der Waals surface area (Å²) < 4.78 is 0. The third kappa shape index (κ3) is 1.84. The van der Waals surface area contributed by atoms with E-state index in [9.17, 15) is 0 Å².